The summed E-state index contributed by atoms with van der Waals surface area (Å²) >= 11 is 0. The number of rotatable bonds is 6. The molecule has 0 radical (unpaired) electrons. The number of anilines is 3. The number of hydrogen-bond acceptors (Lipinski definition) is 4. The fraction of sp³-hybridized carbons (Fsp3) is 0.118. The summed E-state index contributed by atoms with van der Waals surface area (Å²) in [6, 6.07) is 8.64. The zero-order chi connectivity index (χ0) is 16.7. The van der Waals surface area contributed by atoms with Crippen molar-refractivity contribution >= 4 is 28.9 Å². The number of amides is 2. The third-order valence-electron chi connectivity index (χ3n) is 2.89. The maximum Gasteiger partial charge on any atom is 0.257 e. The largest absolute Gasteiger partial charge is 0.380 e. The first kappa shape index (κ1) is 16.2. The van der Waals surface area contributed by atoms with Crippen LogP contribution in [0.4, 0.5) is 17.1 Å². The van der Waals surface area contributed by atoms with E-state index in [0.29, 0.717) is 23.5 Å². The molecule has 0 saturated carbocycles. The predicted octanol–water partition coefficient (Wildman–Crippen LogP) is 2.89. The molecule has 6 nitrogen and oxygen atoms in total. The van der Waals surface area contributed by atoms with Gasteiger partial charge in [0.15, 0.2) is 0 Å². The molecule has 118 valence electrons. The summed E-state index contributed by atoms with van der Waals surface area (Å²) in [6.07, 6.45) is 4.85. The number of nitrogens with zero attached hydrogens (tertiary/aromatic N) is 1. The van der Waals surface area contributed by atoms with Crippen molar-refractivity contribution in [2.24, 2.45) is 0 Å². The molecule has 0 aliphatic carbocycles. The van der Waals surface area contributed by atoms with Gasteiger partial charge in [-0.05, 0) is 24.3 Å². The second-order valence-electron chi connectivity index (χ2n) is 4.85. The van der Waals surface area contributed by atoms with Gasteiger partial charge in [-0.15, -0.1) is 6.58 Å². The Bertz CT molecular complexity index is 728. The number of carbonyl (C=O) groups excluding carboxylic acids is 2. The molecule has 1 aromatic carbocycles. The zero-order valence-corrected chi connectivity index (χ0v) is 12.8. The van der Waals surface area contributed by atoms with Crippen molar-refractivity contribution in [3.8, 4) is 0 Å². The van der Waals surface area contributed by atoms with Crippen LogP contribution in [-0.4, -0.2) is 23.3 Å². The van der Waals surface area contributed by atoms with Crippen LogP contribution in [0.25, 0.3) is 0 Å². The minimum atomic E-state index is -0.278. The Balaban J connectivity index is 2.09. The molecule has 2 amide bonds. The van der Waals surface area contributed by atoms with Crippen LogP contribution in [0.5, 0.6) is 0 Å². The number of aromatic nitrogens is 1. The molecule has 3 N–H and O–H groups in total. The van der Waals surface area contributed by atoms with Gasteiger partial charge in [0.25, 0.3) is 5.91 Å². The number of hydrogen-bond donors (Lipinski definition) is 3. The predicted molar refractivity (Wildman–Crippen MR) is 91.6 cm³/mol. The molecule has 0 spiro atoms. The Hall–Kier alpha value is -3.15. The van der Waals surface area contributed by atoms with E-state index in [4.69, 9.17) is 0 Å². The van der Waals surface area contributed by atoms with Crippen molar-refractivity contribution < 1.29 is 9.59 Å². The van der Waals surface area contributed by atoms with E-state index < -0.39 is 0 Å². The molecule has 0 unspecified atom stereocenters. The van der Waals surface area contributed by atoms with Gasteiger partial charge in [0, 0.05) is 37.2 Å². The van der Waals surface area contributed by atoms with E-state index in [-0.39, 0.29) is 11.8 Å². The van der Waals surface area contributed by atoms with Gasteiger partial charge in [-0.1, -0.05) is 12.1 Å². The van der Waals surface area contributed by atoms with E-state index >= 15 is 0 Å². The van der Waals surface area contributed by atoms with Crippen molar-refractivity contribution in [1.29, 1.82) is 0 Å². The van der Waals surface area contributed by atoms with E-state index in [1.165, 1.54) is 13.1 Å². The van der Waals surface area contributed by atoms with Gasteiger partial charge in [0.2, 0.25) is 5.91 Å². The monoisotopic (exact) mass is 310 g/mol. The van der Waals surface area contributed by atoms with Crippen LogP contribution in [0.2, 0.25) is 0 Å². The first-order chi connectivity index (χ1) is 11.1. The third-order valence-corrected chi connectivity index (χ3v) is 2.89. The average molecular weight is 310 g/mol. The second kappa shape index (κ2) is 7.74. The molecular formula is C17H18N4O2. The molecular weight excluding hydrogens is 292 g/mol. The van der Waals surface area contributed by atoms with Crippen molar-refractivity contribution in [3.63, 3.8) is 0 Å². The molecule has 2 aromatic rings. The van der Waals surface area contributed by atoms with Gasteiger partial charge in [0.1, 0.15) is 0 Å². The maximum absolute atomic E-state index is 12.3. The molecule has 23 heavy (non-hydrogen) atoms. The number of nitrogens with one attached hydrogen (secondary N) is 3. The lowest BCUT2D eigenvalue weighted by Crippen LogP contribution is -2.13. The summed E-state index contributed by atoms with van der Waals surface area (Å²) < 4.78 is 0. The molecule has 1 heterocycles. The Labute approximate surface area is 134 Å². The smallest absolute Gasteiger partial charge is 0.257 e. The fourth-order valence-electron chi connectivity index (χ4n) is 1.93. The normalized spacial score (nSPS) is 9.78. The summed E-state index contributed by atoms with van der Waals surface area (Å²) in [5.74, 6) is -0.446. The Morgan fingerprint density at radius 3 is 2.57 bits per heavy atom. The van der Waals surface area contributed by atoms with E-state index in [1.54, 1.807) is 42.6 Å². The van der Waals surface area contributed by atoms with E-state index in [2.05, 4.69) is 27.5 Å². The molecule has 0 atom stereocenters. The minimum absolute atomic E-state index is 0.168. The lowest BCUT2D eigenvalue weighted by Gasteiger charge is -2.09. The molecule has 0 aliphatic rings. The zero-order valence-electron chi connectivity index (χ0n) is 12.8. The Morgan fingerprint density at radius 1 is 1.13 bits per heavy atom. The number of pyridine rings is 1. The first-order valence-electron chi connectivity index (χ1n) is 7.07. The van der Waals surface area contributed by atoms with Crippen molar-refractivity contribution in [1.82, 2.24) is 4.98 Å². The molecule has 0 aliphatic heterocycles. The lowest BCUT2D eigenvalue weighted by atomic mass is 10.2. The fourth-order valence-corrected chi connectivity index (χ4v) is 1.93. The van der Waals surface area contributed by atoms with Crippen molar-refractivity contribution in [2.75, 3.05) is 22.5 Å². The SMILES string of the molecule is C=CCNc1cncc(C(=O)Nc2cccc(NC(C)=O)c2)c1. The van der Waals surface area contributed by atoms with Crippen LogP contribution in [0, 0.1) is 0 Å². The van der Waals surface area contributed by atoms with Gasteiger partial charge >= 0.3 is 0 Å². The molecule has 6 heteroatoms. The van der Waals surface area contributed by atoms with Crippen molar-refractivity contribution in [2.45, 2.75) is 6.92 Å². The topological polar surface area (TPSA) is 83.1 Å². The summed E-state index contributed by atoms with van der Waals surface area (Å²) in [5, 5.41) is 8.52. The summed E-state index contributed by atoms with van der Waals surface area (Å²) in [4.78, 5) is 27.4. The van der Waals surface area contributed by atoms with Crippen LogP contribution in [0.3, 0.4) is 0 Å². The van der Waals surface area contributed by atoms with E-state index in [1.807, 2.05) is 0 Å². The molecule has 0 fully saturated rings. The van der Waals surface area contributed by atoms with Gasteiger partial charge < -0.3 is 16.0 Å². The lowest BCUT2D eigenvalue weighted by molar-refractivity contribution is -0.114. The van der Waals surface area contributed by atoms with Crippen LogP contribution >= 0.6 is 0 Å². The van der Waals surface area contributed by atoms with E-state index in [9.17, 15) is 9.59 Å². The second-order valence-corrected chi connectivity index (χ2v) is 4.85. The highest BCUT2D eigenvalue weighted by atomic mass is 16.2. The number of benzene rings is 1. The maximum atomic E-state index is 12.3. The van der Waals surface area contributed by atoms with E-state index in [0.717, 1.165) is 5.69 Å². The standard InChI is InChI=1S/C17H18N4O2/c1-3-7-19-16-8-13(10-18-11-16)17(23)21-15-6-4-5-14(9-15)20-12(2)22/h3-6,8-11,19H,1,7H2,2H3,(H,20,22)(H,21,23). The highest BCUT2D eigenvalue weighted by Crippen LogP contribution is 2.16. The number of carbonyl (C=O) groups is 2. The highest BCUT2D eigenvalue weighted by Gasteiger charge is 2.08. The summed E-state index contributed by atoms with van der Waals surface area (Å²) in [5.41, 5.74) is 2.38. The van der Waals surface area contributed by atoms with Crippen LogP contribution in [0.1, 0.15) is 17.3 Å². The van der Waals surface area contributed by atoms with Crippen LogP contribution in [-0.2, 0) is 4.79 Å². The van der Waals surface area contributed by atoms with Gasteiger partial charge in [-0.2, -0.15) is 0 Å². The van der Waals surface area contributed by atoms with Gasteiger partial charge in [-0.25, -0.2) is 0 Å². The molecule has 0 bridgehead atoms. The van der Waals surface area contributed by atoms with Gasteiger partial charge in [0.05, 0.1) is 11.3 Å². The van der Waals surface area contributed by atoms with Crippen LogP contribution in [0.15, 0.2) is 55.4 Å². The molecule has 0 saturated heterocycles. The van der Waals surface area contributed by atoms with Crippen LogP contribution < -0.4 is 16.0 Å². The summed E-state index contributed by atoms with van der Waals surface area (Å²) in [6.45, 7) is 5.64. The van der Waals surface area contributed by atoms with Gasteiger partial charge in [-0.3, -0.25) is 14.6 Å². The average Bonchev–Trinajstić information content (AvgIpc) is 2.53. The quantitative estimate of drug-likeness (QED) is 0.716. The third kappa shape index (κ3) is 4.96. The molecule has 2 rings (SSSR count). The Kier molecular flexibility index (Phi) is 5.46. The molecule has 1 aromatic heterocycles. The van der Waals surface area contributed by atoms with Crippen molar-refractivity contribution in [3.05, 3.63) is 60.9 Å². The highest BCUT2D eigenvalue weighted by molar-refractivity contribution is 6.05. The minimum Gasteiger partial charge on any atom is -0.380 e. The Morgan fingerprint density at radius 2 is 1.87 bits per heavy atom. The first-order valence-corrected chi connectivity index (χ1v) is 7.07. The summed E-state index contributed by atoms with van der Waals surface area (Å²) in [7, 11) is 0.